The molecule has 0 unspecified atom stereocenters. The van der Waals surface area contributed by atoms with Crippen LogP contribution in [0.5, 0.6) is 0 Å². The highest BCUT2D eigenvalue weighted by molar-refractivity contribution is 6.32. The van der Waals surface area contributed by atoms with E-state index in [1.165, 1.54) is 0 Å². The summed E-state index contributed by atoms with van der Waals surface area (Å²) >= 11 is 6.02. The molecule has 1 amide bonds. The van der Waals surface area contributed by atoms with E-state index >= 15 is 0 Å². The maximum Gasteiger partial charge on any atom is 0.251 e. The van der Waals surface area contributed by atoms with Crippen LogP contribution in [-0.4, -0.2) is 18.5 Å². The number of nitrogens with two attached hydrogens (primary N) is 1. The van der Waals surface area contributed by atoms with E-state index in [0.717, 1.165) is 0 Å². The predicted molar refractivity (Wildman–Crippen MR) is 70.0 cm³/mol. The molecule has 90 valence electrons. The lowest BCUT2D eigenvalue weighted by molar-refractivity contribution is 0.0943. The Hall–Kier alpha value is -1.50. The van der Waals surface area contributed by atoms with Gasteiger partial charge in [-0.3, -0.25) is 4.79 Å². The Labute approximate surface area is 106 Å². The topological polar surface area (TPSA) is 55.1 Å². The lowest BCUT2D eigenvalue weighted by atomic mass is 10.1. The first-order chi connectivity index (χ1) is 8.04. The summed E-state index contributed by atoms with van der Waals surface area (Å²) in [5.74, 6) is 5.42. The molecule has 0 heterocycles. The van der Waals surface area contributed by atoms with Crippen molar-refractivity contribution in [3.8, 4) is 11.8 Å². The van der Waals surface area contributed by atoms with Crippen molar-refractivity contribution in [3.05, 3.63) is 34.3 Å². The molecule has 1 aromatic carbocycles. The summed E-state index contributed by atoms with van der Waals surface area (Å²) in [5.41, 5.74) is 6.49. The van der Waals surface area contributed by atoms with Gasteiger partial charge in [-0.2, -0.15) is 0 Å². The SMILES string of the molecule is CC(C)NC(=O)c1ccc(C#CCN)c(Cl)c1. The van der Waals surface area contributed by atoms with Gasteiger partial charge in [0.15, 0.2) is 0 Å². The Kier molecular flexibility index (Phi) is 5.02. The highest BCUT2D eigenvalue weighted by atomic mass is 35.5. The van der Waals surface area contributed by atoms with E-state index in [2.05, 4.69) is 17.2 Å². The van der Waals surface area contributed by atoms with Crippen LogP contribution in [0.4, 0.5) is 0 Å². The van der Waals surface area contributed by atoms with E-state index in [1.807, 2.05) is 13.8 Å². The molecule has 0 spiro atoms. The standard InChI is InChI=1S/C13H15ClN2O/c1-9(2)16-13(17)11-6-5-10(4-3-7-15)12(14)8-11/h5-6,8-9H,7,15H2,1-2H3,(H,16,17). The van der Waals surface area contributed by atoms with Gasteiger partial charge in [0.25, 0.3) is 5.91 Å². The third-order valence-electron chi connectivity index (χ3n) is 1.98. The second-order valence-electron chi connectivity index (χ2n) is 3.83. The number of carbonyl (C=O) groups is 1. The summed E-state index contributed by atoms with van der Waals surface area (Å²) in [7, 11) is 0. The molecule has 0 saturated carbocycles. The van der Waals surface area contributed by atoms with E-state index in [0.29, 0.717) is 16.1 Å². The first-order valence-electron chi connectivity index (χ1n) is 5.34. The van der Waals surface area contributed by atoms with E-state index in [9.17, 15) is 4.79 Å². The number of nitrogens with one attached hydrogen (secondary N) is 1. The molecule has 0 aliphatic rings. The van der Waals surface area contributed by atoms with Gasteiger partial charge in [-0.1, -0.05) is 23.4 Å². The maximum absolute atomic E-state index is 11.7. The Balaban J connectivity index is 2.92. The number of halogens is 1. The zero-order chi connectivity index (χ0) is 12.8. The molecule has 0 radical (unpaired) electrons. The van der Waals surface area contributed by atoms with Crippen LogP contribution >= 0.6 is 11.6 Å². The second kappa shape index (κ2) is 6.29. The quantitative estimate of drug-likeness (QED) is 0.787. The molecule has 0 atom stereocenters. The van der Waals surface area contributed by atoms with Gasteiger partial charge in [-0.15, -0.1) is 0 Å². The van der Waals surface area contributed by atoms with Crippen LogP contribution in [-0.2, 0) is 0 Å². The minimum atomic E-state index is -0.139. The molecular weight excluding hydrogens is 236 g/mol. The molecule has 17 heavy (non-hydrogen) atoms. The monoisotopic (exact) mass is 250 g/mol. The molecule has 0 fully saturated rings. The molecule has 3 N–H and O–H groups in total. The molecule has 0 aliphatic heterocycles. The van der Waals surface area contributed by atoms with Crippen molar-refractivity contribution < 1.29 is 4.79 Å². The number of hydrogen-bond donors (Lipinski definition) is 2. The maximum atomic E-state index is 11.7. The van der Waals surface area contributed by atoms with Crippen LogP contribution < -0.4 is 11.1 Å². The van der Waals surface area contributed by atoms with Crippen molar-refractivity contribution in [1.29, 1.82) is 0 Å². The van der Waals surface area contributed by atoms with E-state index in [-0.39, 0.29) is 18.5 Å². The highest BCUT2D eigenvalue weighted by Gasteiger charge is 2.08. The lowest BCUT2D eigenvalue weighted by Crippen LogP contribution is -2.30. The molecule has 4 heteroatoms. The smallest absolute Gasteiger partial charge is 0.251 e. The zero-order valence-corrected chi connectivity index (χ0v) is 10.6. The van der Waals surface area contributed by atoms with E-state index < -0.39 is 0 Å². The van der Waals surface area contributed by atoms with Gasteiger partial charge in [0.2, 0.25) is 0 Å². The Morgan fingerprint density at radius 2 is 2.24 bits per heavy atom. The molecule has 0 saturated heterocycles. The fourth-order valence-electron chi connectivity index (χ4n) is 1.25. The number of carbonyl (C=O) groups excluding carboxylic acids is 1. The van der Waals surface area contributed by atoms with Crippen LogP contribution in [0.15, 0.2) is 18.2 Å². The summed E-state index contributed by atoms with van der Waals surface area (Å²) in [4.78, 5) is 11.7. The molecule has 1 rings (SSSR count). The Morgan fingerprint density at radius 3 is 2.76 bits per heavy atom. The van der Waals surface area contributed by atoms with Crippen LogP contribution in [0, 0.1) is 11.8 Å². The Bertz CT molecular complexity index is 472. The molecule has 1 aromatic rings. The number of rotatable bonds is 2. The minimum Gasteiger partial charge on any atom is -0.350 e. The lowest BCUT2D eigenvalue weighted by Gasteiger charge is -2.08. The van der Waals surface area contributed by atoms with Crippen molar-refractivity contribution in [3.63, 3.8) is 0 Å². The van der Waals surface area contributed by atoms with Gasteiger partial charge in [0.1, 0.15) is 0 Å². The summed E-state index contributed by atoms with van der Waals surface area (Å²) in [6.45, 7) is 4.09. The first-order valence-corrected chi connectivity index (χ1v) is 5.71. The highest BCUT2D eigenvalue weighted by Crippen LogP contribution is 2.17. The van der Waals surface area contributed by atoms with Crippen molar-refractivity contribution in [1.82, 2.24) is 5.32 Å². The van der Waals surface area contributed by atoms with Gasteiger partial charge in [-0.25, -0.2) is 0 Å². The van der Waals surface area contributed by atoms with Crippen molar-refractivity contribution in [2.24, 2.45) is 5.73 Å². The number of benzene rings is 1. The van der Waals surface area contributed by atoms with Gasteiger partial charge in [-0.05, 0) is 32.0 Å². The van der Waals surface area contributed by atoms with Crippen molar-refractivity contribution in [2.45, 2.75) is 19.9 Å². The molecular formula is C13H15ClN2O. The number of amides is 1. The molecule has 0 aliphatic carbocycles. The minimum absolute atomic E-state index is 0.0954. The predicted octanol–water partition coefficient (Wildman–Crippen LogP) is 1.79. The summed E-state index contributed by atoms with van der Waals surface area (Å²) in [5, 5.41) is 3.26. The Morgan fingerprint density at radius 1 is 1.53 bits per heavy atom. The second-order valence-corrected chi connectivity index (χ2v) is 4.24. The van der Waals surface area contributed by atoms with Crippen LogP contribution in [0.25, 0.3) is 0 Å². The first kappa shape index (κ1) is 13.6. The summed E-state index contributed by atoms with van der Waals surface area (Å²) in [6, 6.07) is 5.13. The summed E-state index contributed by atoms with van der Waals surface area (Å²) < 4.78 is 0. The average molecular weight is 251 g/mol. The third-order valence-corrected chi connectivity index (χ3v) is 2.29. The van der Waals surface area contributed by atoms with Gasteiger partial charge < -0.3 is 11.1 Å². The van der Waals surface area contributed by atoms with E-state index in [1.54, 1.807) is 18.2 Å². The van der Waals surface area contributed by atoms with Crippen molar-refractivity contribution in [2.75, 3.05) is 6.54 Å². The normalized spacial score (nSPS) is 9.71. The zero-order valence-electron chi connectivity index (χ0n) is 9.88. The van der Waals surface area contributed by atoms with Gasteiger partial charge >= 0.3 is 0 Å². The van der Waals surface area contributed by atoms with E-state index in [4.69, 9.17) is 17.3 Å². The molecule has 3 nitrogen and oxygen atoms in total. The van der Waals surface area contributed by atoms with Crippen LogP contribution in [0.3, 0.4) is 0 Å². The summed E-state index contributed by atoms with van der Waals surface area (Å²) in [6.07, 6.45) is 0. The van der Waals surface area contributed by atoms with Crippen LogP contribution in [0.2, 0.25) is 5.02 Å². The molecule has 0 bridgehead atoms. The largest absolute Gasteiger partial charge is 0.350 e. The van der Waals surface area contributed by atoms with Crippen molar-refractivity contribution >= 4 is 17.5 Å². The number of hydrogen-bond acceptors (Lipinski definition) is 2. The molecule has 0 aromatic heterocycles. The van der Waals surface area contributed by atoms with Gasteiger partial charge in [0.05, 0.1) is 11.6 Å². The average Bonchev–Trinajstić information content (AvgIpc) is 2.26. The fourth-order valence-corrected chi connectivity index (χ4v) is 1.48. The van der Waals surface area contributed by atoms with Gasteiger partial charge in [0, 0.05) is 17.2 Å². The third kappa shape index (κ3) is 4.10. The fraction of sp³-hybridized carbons (Fsp3) is 0.308. The van der Waals surface area contributed by atoms with Crippen LogP contribution in [0.1, 0.15) is 29.8 Å².